The van der Waals surface area contributed by atoms with Crippen LogP contribution in [0.2, 0.25) is 0 Å². The zero-order valence-electron chi connectivity index (χ0n) is 17.9. The van der Waals surface area contributed by atoms with Gasteiger partial charge in [0, 0.05) is 17.7 Å². The normalized spacial score (nSPS) is 10.6. The van der Waals surface area contributed by atoms with Crippen molar-refractivity contribution in [3.8, 4) is 11.8 Å². The number of hydrogen-bond donors (Lipinski definition) is 1. The van der Waals surface area contributed by atoms with Gasteiger partial charge in [-0.3, -0.25) is 4.79 Å². The van der Waals surface area contributed by atoms with Crippen LogP contribution in [0.15, 0.2) is 72.8 Å². The Kier molecular flexibility index (Phi) is 6.47. The highest BCUT2D eigenvalue weighted by Gasteiger charge is 2.14. The van der Waals surface area contributed by atoms with Crippen LogP contribution in [0.3, 0.4) is 0 Å². The average Bonchev–Trinajstić information content (AvgIpc) is 3.17. The van der Waals surface area contributed by atoms with E-state index in [1.165, 1.54) is 0 Å². The largest absolute Gasteiger partial charge is 0.489 e. The number of nitriles is 1. The van der Waals surface area contributed by atoms with Crippen molar-refractivity contribution in [1.82, 2.24) is 9.55 Å². The number of ether oxygens (including phenoxy) is 1. The van der Waals surface area contributed by atoms with Crippen LogP contribution in [0, 0.1) is 11.3 Å². The van der Waals surface area contributed by atoms with Crippen molar-refractivity contribution in [3.05, 3.63) is 89.7 Å². The van der Waals surface area contributed by atoms with Crippen molar-refractivity contribution in [1.29, 1.82) is 5.26 Å². The lowest BCUT2D eigenvalue weighted by atomic mass is 10.1. The lowest BCUT2D eigenvalue weighted by Crippen LogP contribution is -2.21. The molecule has 32 heavy (non-hydrogen) atoms. The molecule has 0 fully saturated rings. The highest BCUT2D eigenvalue weighted by molar-refractivity contribution is 5.92. The summed E-state index contributed by atoms with van der Waals surface area (Å²) in [5.74, 6) is 1.49. The molecule has 0 bridgehead atoms. The second-order valence-corrected chi connectivity index (χ2v) is 7.43. The van der Waals surface area contributed by atoms with Crippen molar-refractivity contribution in [3.63, 3.8) is 0 Å². The molecule has 0 saturated heterocycles. The second kappa shape index (κ2) is 9.80. The number of rotatable bonds is 8. The lowest BCUT2D eigenvalue weighted by Gasteiger charge is -2.14. The van der Waals surface area contributed by atoms with Crippen LogP contribution in [0.5, 0.6) is 5.75 Å². The first-order chi connectivity index (χ1) is 15.7. The minimum Gasteiger partial charge on any atom is -0.489 e. The Bertz CT molecular complexity index is 1270. The summed E-state index contributed by atoms with van der Waals surface area (Å²) < 4.78 is 7.86. The molecule has 1 N–H and O–H groups in total. The van der Waals surface area contributed by atoms with Gasteiger partial charge in [-0.1, -0.05) is 49.4 Å². The predicted octanol–water partition coefficient (Wildman–Crippen LogP) is 4.88. The van der Waals surface area contributed by atoms with Gasteiger partial charge in [0.05, 0.1) is 23.5 Å². The zero-order valence-corrected chi connectivity index (χ0v) is 17.9. The Morgan fingerprint density at radius 3 is 2.59 bits per heavy atom. The Morgan fingerprint density at radius 2 is 1.81 bits per heavy atom. The van der Waals surface area contributed by atoms with Crippen LogP contribution in [0.4, 0.5) is 5.69 Å². The van der Waals surface area contributed by atoms with E-state index in [0.717, 1.165) is 40.1 Å². The van der Waals surface area contributed by atoms with E-state index in [2.05, 4.69) is 16.4 Å². The number of aryl methyl sites for hydroxylation is 1. The number of para-hydroxylation sites is 3. The van der Waals surface area contributed by atoms with Gasteiger partial charge in [-0.05, 0) is 35.9 Å². The predicted molar refractivity (Wildman–Crippen MR) is 124 cm³/mol. The fourth-order valence-electron chi connectivity index (χ4n) is 3.63. The summed E-state index contributed by atoms with van der Waals surface area (Å²) in [5.41, 5.74) is 4.41. The fraction of sp³-hybridized carbons (Fsp3) is 0.192. The molecule has 6 heteroatoms. The number of aromatic nitrogens is 2. The highest BCUT2D eigenvalue weighted by atomic mass is 16.5. The molecular formula is C26H24N4O2. The van der Waals surface area contributed by atoms with Gasteiger partial charge in [-0.25, -0.2) is 4.98 Å². The SMILES string of the molecule is CCc1nc2ccccc2n1CC(=O)Nc1ccccc1COc1ccc(CC#N)cc1. The van der Waals surface area contributed by atoms with Crippen LogP contribution in [0.1, 0.15) is 23.9 Å². The van der Waals surface area contributed by atoms with Crippen molar-refractivity contribution in [2.75, 3.05) is 5.32 Å². The van der Waals surface area contributed by atoms with Crippen LogP contribution >= 0.6 is 0 Å². The van der Waals surface area contributed by atoms with Crippen LogP contribution in [-0.2, 0) is 30.8 Å². The quantitative estimate of drug-likeness (QED) is 0.437. The number of anilines is 1. The van der Waals surface area contributed by atoms with E-state index in [0.29, 0.717) is 18.8 Å². The number of amides is 1. The Hall–Kier alpha value is -4.11. The van der Waals surface area contributed by atoms with E-state index in [-0.39, 0.29) is 12.5 Å². The summed E-state index contributed by atoms with van der Waals surface area (Å²) in [5, 5.41) is 11.8. The first kappa shape index (κ1) is 21.1. The first-order valence-corrected chi connectivity index (χ1v) is 10.6. The maximum Gasteiger partial charge on any atom is 0.244 e. The molecule has 3 aromatic carbocycles. The molecule has 1 aromatic heterocycles. The smallest absolute Gasteiger partial charge is 0.244 e. The third kappa shape index (κ3) is 4.79. The number of carbonyl (C=O) groups excluding carboxylic acids is 1. The summed E-state index contributed by atoms with van der Waals surface area (Å²) in [4.78, 5) is 17.5. The molecule has 0 spiro atoms. The van der Waals surface area contributed by atoms with Gasteiger partial charge < -0.3 is 14.6 Å². The first-order valence-electron chi connectivity index (χ1n) is 10.6. The molecule has 6 nitrogen and oxygen atoms in total. The van der Waals surface area contributed by atoms with E-state index in [9.17, 15) is 4.79 Å². The molecule has 1 heterocycles. The third-order valence-corrected chi connectivity index (χ3v) is 5.24. The van der Waals surface area contributed by atoms with Gasteiger partial charge >= 0.3 is 0 Å². The summed E-state index contributed by atoms with van der Waals surface area (Å²) in [6.45, 7) is 2.55. The number of imidazole rings is 1. The van der Waals surface area contributed by atoms with E-state index in [4.69, 9.17) is 10.00 Å². The molecule has 0 aliphatic rings. The van der Waals surface area contributed by atoms with E-state index in [1.807, 2.05) is 84.3 Å². The average molecular weight is 425 g/mol. The van der Waals surface area contributed by atoms with Crippen molar-refractivity contribution >= 4 is 22.6 Å². The molecular weight excluding hydrogens is 400 g/mol. The molecule has 4 rings (SSSR count). The lowest BCUT2D eigenvalue weighted by molar-refractivity contribution is -0.116. The molecule has 4 aromatic rings. The molecule has 0 radical (unpaired) electrons. The monoisotopic (exact) mass is 424 g/mol. The standard InChI is InChI=1S/C26H24N4O2/c1-2-25-28-23-9-5-6-10-24(23)30(25)17-26(31)29-22-8-4-3-7-20(22)18-32-21-13-11-19(12-14-21)15-16-27/h3-14H,2,15,17-18H2,1H3,(H,29,31). The maximum absolute atomic E-state index is 12.9. The van der Waals surface area contributed by atoms with Gasteiger partial charge in [0.1, 0.15) is 24.7 Å². The number of hydrogen-bond acceptors (Lipinski definition) is 4. The summed E-state index contributed by atoms with van der Waals surface area (Å²) in [6.07, 6.45) is 1.13. The summed E-state index contributed by atoms with van der Waals surface area (Å²) >= 11 is 0. The van der Waals surface area contributed by atoms with Gasteiger partial charge in [0.2, 0.25) is 5.91 Å². The van der Waals surface area contributed by atoms with Gasteiger partial charge in [0.25, 0.3) is 0 Å². The third-order valence-electron chi connectivity index (χ3n) is 5.24. The van der Waals surface area contributed by atoms with Gasteiger partial charge in [-0.15, -0.1) is 0 Å². The molecule has 0 saturated carbocycles. The minimum atomic E-state index is -0.115. The maximum atomic E-state index is 12.9. The Labute approximate surface area is 187 Å². The summed E-state index contributed by atoms with van der Waals surface area (Å²) in [6, 6.07) is 25.1. The highest BCUT2D eigenvalue weighted by Crippen LogP contribution is 2.21. The Balaban J connectivity index is 1.45. The van der Waals surface area contributed by atoms with Crippen molar-refractivity contribution < 1.29 is 9.53 Å². The van der Waals surface area contributed by atoms with Crippen LogP contribution in [-0.4, -0.2) is 15.5 Å². The van der Waals surface area contributed by atoms with Crippen molar-refractivity contribution in [2.24, 2.45) is 0 Å². The molecule has 0 atom stereocenters. The number of fused-ring (bicyclic) bond motifs is 1. The number of carbonyl (C=O) groups is 1. The fourth-order valence-corrected chi connectivity index (χ4v) is 3.63. The van der Waals surface area contributed by atoms with Crippen molar-refractivity contribution in [2.45, 2.75) is 32.9 Å². The summed E-state index contributed by atoms with van der Waals surface area (Å²) in [7, 11) is 0. The van der Waals surface area contributed by atoms with Gasteiger partial charge in [0.15, 0.2) is 0 Å². The minimum absolute atomic E-state index is 0.115. The van der Waals surface area contributed by atoms with E-state index < -0.39 is 0 Å². The van der Waals surface area contributed by atoms with E-state index in [1.54, 1.807) is 0 Å². The van der Waals surface area contributed by atoms with Crippen LogP contribution in [0.25, 0.3) is 11.0 Å². The molecule has 0 unspecified atom stereocenters. The second-order valence-electron chi connectivity index (χ2n) is 7.43. The van der Waals surface area contributed by atoms with Crippen LogP contribution < -0.4 is 10.1 Å². The number of benzene rings is 3. The number of nitrogens with one attached hydrogen (secondary N) is 1. The van der Waals surface area contributed by atoms with E-state index >= 15 is 0 Å². The number of nitrogens with zero attached hydrogens (tertiary/aromatic N) is 3. The Morgan fingerprint density at radius 1 is 1.06 bits per heavy atom. The molecule has 1 amide bonds. The topological polar surface area (TPSA) is 79.9 Å². The van der Waals surface area contributed by atoms with Gasteiger partial charge in [-0.2, -0.15) is 5.26 Å². The zero-order chi connectivity index (χ0) is 22.3. The molecule has 160 valence electrons. The molecule has 0 aliphatic carbocycles. The molecule has 0 aliphatic heterocycles.